The zero-order valence-electron chi connectivity index (χ0n) is 7.72. The van der Waals surface area contributed by atoms with Crippen LogP contribution in [0.3, 0.4) is 0 Å². The van der Waals surface area contributed by atoms with Crippen LogP contribution in [0.2, 0.25) is 0 Å². The van der Waals surface area contributed by atoms with Crippen LogP contribution >= 0.6 is 0 Å². The van der Waals surface area contributed by atoms with Crippen molar-refractivity contribution in [2.45, 2.75) is 0 Å². The van der Waals surface area contributed by atoms with Crippen molar-refractivity contribution in [3.05, 3.63) is 35.4 Å². The number of rotatable bonds is 3. The molecule has 0 aliphatic carbocycles. The lowest BCUT2D eigenvalue weighted by molar-refractivity contribution is 0.453. The molecule has 1 aromatic carbocycles. The number of nitrogens with one attached hydrogen (secondary N) is 1. The summed E-state index contributed by atoms with van der Waals surface area (Å²) in [6, 6.07) is 1.71. The van der Waals surface area contributed by atoms with Gasteiger partial charge < -0.3 is 10.4 Å². The maximum absolute atomic E-state index is 12.7. The Kier molecular flexibility index (Phi) is 3.59. The van der Waals surface area contributed by atoms with Gasteiger partial charge in [-0.2, -0.15) is 0 Å². The van der Waals surface area contributed by atoms with Crippen molar-refractivity contribution in [3.63, 3.8) is 0 Å². The molecule has 0 atom stereocenters. The number of benzene rings is 1. The quantitative estimate of drug-likeness (QED) is 0.779. The highest BCUT2D eigenvalue weighted by atomic mass is 19.2. The van der Waals surface area contributed by atoms with E-state index in [9.17, 15) is 13.9 Å². The van der Waals surface area contributed by atoms with E-state index < -0.39 is 11.6 Å². The van der Waals surface area contributed by atoms with Crippen LogP contribution in [0.25, 0.3) is 6.08 Å². The molecule has 0 bridgehead atoms. The lowest BCUT2D eigenvalue weighted by Gasteiger charge is -2.00. The number of phenols is 1. The van der Waals surface area contributed by atoms with Crippen LogP contribution in [-0.2, 0) is 0 Å². The van der Waals surface area contributed by atoms with E-state index in [1.807, 2.05) is 0 Å². The monoisotopic (exact) mass is 199 g/mol. The molecule has 0 saturated heterocycles. The Bertz CT molecular complexity index is 350. The maximum atomic E-state index is 12.7. The summed E-state index contributed by atoms with van der Waals surface area (Å²) in [4.78, 5) is 0. The largest absolute Gasteiger partial charge is 0.507 e. The average molecular weight is 199 g/mol. The Labute approximate surface area is 80.9 Å². The number of phenolic OH excluding ortho intramolecular Hbond substituents is 1. The van der Waals surface area contributed by atoms with Gasteiger partial charge >= 0.3 is 0 Å². The molecule has 0 amide bonds. The third-order valence-electron chi connectivity index (χ3n) is 1.69. The van der Waals surface area contributed by atoms with Crippen LogP contribution in [0.4, 0.5) is 8.78 Å². The van der Waals surface area contributed by atoms with Crippen molar-refractivity contribution in [1.82, 2.24) is 5.32 Å². The smallest absolute Gasteiger partial charge is 0.162 e. The first-order valence-electron chi connectivity index (χ1n) is 4.14. The Morgan fingerprint density at radius 3 is 2.64 bits per heavy atom. The van der Waals surface area contributed by atoms with E-state index in [-0.39, 0.29) is 11.3 Å². The van der Waals surface area contributed by atoms with Crippen LogP contribution in [-0.4, -0.2) is 18.7 Å². The van der Waals surface area contributed by atoms with Gasteiger partial charge in [0.05, 0.1) is 0 Å². The predicted molar refractivity (Wildman–Crippen MR) is 51.0 cm³/mol. The van der Waals surface area contributed by atoms with E-state index in [1.54, 1.807) is 13.1 Å². The molecule has 0 aromatic heterocycles. The Morgan fingerprint density at radius 1 is 1.36 bits per heavy atom. The fourth-order valence-electron chi connectivity index (χ4n) is 0.989. The Morgan fingerprint density at radius 2 is 2.00 bits per heavy atom. The molecular weight excluding hydrogens is 188 g/mol. The molecule has 0 unspecified atom stereocenters. The minimum absolute atomic E-state index is 0.263. The highest BCUT2D eigenvalue weighted by Gasteiger charge is 2.06. The molecule has 76 valence electrons. The minimum atomic E-state index is -1.05. The number of likely N-dealkylation sites (N-methyl/N-ethyl adjacent to an activating group) is 1. The molecule has 0 fully saturated rings. The molecule has 0 saturated carbocycles. The van der Waals surface area contributed by atoms with Gasteiger partial charge in [0.2, 0.25) is 0 Å². The fourth-order valence-corrected chi connectivity index (χ4v) is 0.989. The van der Waals surface area contributed by atoms with Crippen LogP contribution in [0.15, 0.2) is 18.2 Å². The van der Waals surface area contributed by atoms with E-state index in [0.717, 1.165) is 12.1 Å². The van der Waals surface area contributed by atoms with Crippen molar-refractivity contribution in [2.75, 3.05) is 13.6 Å². The molecule has 1 aromatic rings. The van der Waals surface area contributed by atoms with Gasteiger partial charge in [-0.15, -0.1) is 0 Å². The van der Waals surface area contributed by atoms with Crippen molar-refractivity contribution in [3.8, 4) is 5.75 Å². The van der Waals surface area contributed by atoms with Crippen LogP contribution in [0.5, 0.6) is 5.75 Å². The molecular formula is C10H11F2NO. The predicted octanol–water partition coefficient (Wildman–Crippen LogP) is 1.90. The molecule has 2 N–H and O–H groups in total. The zero-order valence-corrected chi connectivity index (χ0v) is 7.72. The summed E-state index contributed by atoms with van der Waals surface area (Å²) in [7, 11) is 1.76. The van der Waals surface area contributed by atoms with Gasteiger partial charge in [-0.3, -0.25) is 0 Å². The van der Waals surface area contributed by atoms with Crippen LogP contribution < -0.4 is 5.32 Å². The van der Waals surface area contributed by atoms with Gasteiger partial charge in [0, 0.05) is 18.2 Å². The summed E-state index contributed by atoms with van der Waals surface area (Å²) in [6.07, 6.45) is 3.22. The number of hydrogen-bond donors (Lipinski definition) is 2. The lowest BCUT2D eigenvalue weighted by Crippen LogP contribution is -2.03. The van der Waals surface area contributed by atoms with Crippen molar-refractivity contribution < 1.29 is 13.9 Å². The normalized spacial score (nSPS) is 11.1. The van der Waals surface area contributed by atoms with Gasteiger partial charge in [-0.1, -0.05) is 12.2 Å². The molecule has 0 aliphatic rings. The maximum Gasteiger partial charge on any atom is 0.162 e. The minimum Gasteiger partial charge on any atom is -0.507 e. The average Bonchev–Trinajstić information content (AvgIpc) is 2.14. The van der Waals surface area contributed by atoms with Gasteiger partial charge in [-0.25, -0.2) is 8.78 Å². The van der Waals surface area contributed by atoms with E-state index in [1.165, 1.54) is 6.08 Å². The van der Waals surface area contributed by atoms with Crippen molar-refractivity contribution >= 4 is 6.08 Å². The summed E-state index contributed by atoms with van der Waals surface area (Å²) >= 11 is 0. The molecule has 1 rings (SSSR count). The van der Waals surface area contributed by atoms with E-state index in [2.05, 4.69) is 5.32 Å². The fraction of sp³-hybridized carbons (Fsp3) is 0.200. The summed E-state index contributed by atoms with van der Waals surface area (Å²) in [5.41, 5.74) is 0.263. The second-order valence-electron chi connectivity index (χ2n) is 2.79. The molecule has 0 spiro atoms. The number of aromatic hydroxyl groups is 1. The van der Waals surface area contributed by atoms with Crippen LogP contribution in [0.1, 0.15) is 5.56 Å². The molecule has 14 heavy (non-hydrogen) atoms. The van der Waals surface area contributed by atoms with Gasteiger partial charge in [0.25, 0.3) is 0 Å². The van der Waals surface area contributed by atoms with Gasteiger partial charge in [0.1, 0.15) is 5.75 Å². The summed E-state index contributed by atoms with van der Waals surface area (Å²) in [6.45, 7) is 0.596. The molecule has 2 nitrogen and oxygen atoms in total. The van der Waals surface area contributed by atoms with Crippen molar-refractivity contribution in [1.29, 1.82) is 0 Å². The zero-order chi connectivity index (χ0) is 10.6. The third kappa shape index (κ3) is 2.53. The highest BCUT2D eigenvalue weighted by Crippen LogP contribution is 2.21. The van der Waals surface area contributed by atoms with Gasteiger partial charge in [0.15, 0.2) is 11.6 Å². The standard InChI is InChI=1S/C10H11F2NO/c1-13-4-2-3-7-5-8(11)9(12)6-10(7)14/h2-3,5-6,13-14H,4H2,1H3. The van der Waals surface area contributed by atoms with E-state index >= 15 is 0 Å². The lowest BCUT2D eigenvalue weighted by atomic mass is 10.1. The first-order chi connectivity index (χ1) is 6.65. The SMILES string of the molecule is CNCC=Cc1cc(F)c(F)cc1O. The highest BCUT2D eigenvalue weighted by molar-refractivity contribution is 5.57. The molecule has 0 heterocycles. The number of hydrogen-bond acceptors (Lipinski definition) is 2. The van der Waals surface area contributed by atoms with E-state index in [0.29, 0.717) is 6.54 Å². The second-order valence-corrected chi connectivity index (χ2v) is 2.79. The summed E-state index contributed by atoms with van der Waals surface area (Å²) in [5, 5.41) is 12.1. The third-order valence-corrected chi connectivity index (χ3v) is 1.69. The first-order valence-corrected chi connectivity index (χ1v) is 4.14. The van der Waals surface area contributed by atoms with Crippen LogP contribution in [0, 0.1) is 11.6 Å². The summed E-state index contributed by atoms with van der Waals surface area (Å²) < 4.78 is 25.3. The topological polar surface area (TPSA) is 32.3 Å². The Balaban J connectivity index is 2.92. The summed E-state index contributed by atoms with van der Waals surface area (Å²) in [5.74, 6) is -2.28. The van der Waals surface area contributed by atoms with Crippen molar-refractivity contribution in [2.24, 2.45) is 0 Å². The molecule has 4 heteroatoms. The Hall–Kier alpha value is -1.42. The van der Waals surface area contributed by atoms with E-state index in [4.69, 9.17) is 0 Å². The number of halogens is 2. The second kappa shape index (κ2) is 4.72. The first kappa shape index (κ1) is 10.7. The molecule has 0 aliphatic heterocycles. The molecule has 0 radical (unpaired) electrons. The van der Waals surface area contributed by atoms with Gasteiger partial charge in [-0.05, 0) is 13.1 Å².